The minimum absolute atomic E-state index is 0.173. The van der Waals surface area contributed by atoms with Gasteiger partial charge in [-0.15, -0.1) is 0 Å². The van der Waals surface area contributed by atoms with Gasteiger partial charge in [0.25, 0.3) is 0 Å². The molecule has 23 heavy (non-hydrogen) atoms. The Kier molecular flexibility index (Phi) is 4.36. The number of hydrogen-bond acceptors (Lipinski definition) is 5. The molecule has 0 aliphatic carbocycles. The lowest BCUT2D eigenvalue weighted by Crippen LogP contribution is -2.47. The van der Waals surface area contributed by atoms with Gasteiger partial charge in [0.2, 0.25) is 0 Å². The quantitative estimate of drug-likeness (QED) is 0.810. The number of ether oxygens (including phenoxy) is 2. The smallest absolute Gasteiger partial charge is 0.337 e. The molecule has 0 radical (unpaired) electrons. The number of anilines is 1. The highest BCUT2D eigenvalue weighted by atomic mass is 16.5. The van der Waals surface area contributed by atoms with Crippen molar-refractivity contribution in [2.24, 2.45) is 0 Å². The Morgan fingerprint density at radius 2 is 2.22 bits per heavy atom. The predicted octanol–water partition coefficient (Wildman–Crippen LogP) is 1.02. The summed E-state index contributed by atoms with van der Waals surface area (Å²) in [7, 11) is 0. The molecule has 7 nitrogen and oxygen atoms in total. The predicted molar refractivity (Wildman–Crippen MR) is 84.3 cm³/mol. The standard InChI is InChI=1S/C16H19N3O4/c1-2-22-15(20)11-9-17-16(21)18-12(11)10-19-7-8-23-14-6-4-3-5-13(14)19/h3-6H,2,7-10H2,1H3,(H2,17,18,21). The van der Waals surface area contributed by atoms with E-state index in [1.807, 2.05) is 24.3 Å². The Balaban J connectivity index is 1.87. The van der Waals surface area contributed by atoms with Crippen LogP contribution in [-0.4, -0.2) is 44.8 Å². The van der Waals surface area contributed by atoms with Gasteiger partial charge < -0.3 is 25.0 Å². The maximum absolute atomic E-state index is 12.1. The van der Waals surface area contributed by atoms with Gasteiger partial charge in [-0.2, -0.15) is 0 Å². The molecule has 122 valence electrons. The van der Waals surface area contributed by atoms with Gasteiger partial charge >= 0.3 is 12.0 Å². The van der Waals surface area contributed by atoms with Crippen molar-refractivity contribution in [3.05, 3.63) is 35.5 Å². The van der Waals surface area contributed by atoms with Crippen LogP contribution in [0.1, 0.15) is 6.92 Å². The van der Waals surface area contributed by atoms with Crippen LogP contribution in [0, 0.1) is 0 Å². The Morgan fingerprint density at radius 1 is 1.39 bits per heavy atom. The molecule has 0 fully saturated rings. The van der Waals surface area contributed by atoms with Crippen molar-refractivity contribution in [1.82, 2.24) is 10.6 Å². The van der Waals surface area contributed by atoms with Crippen LogP contribution in [0.15, 0.2) is 35.5 Å². The van der Waals surface area contributed by atoms with Crippen molar-refractivity contribution in [3.63, 3.8) is 0 Å². The minimum atomic E-state index is -0.406. The largest absolute Gasteiger partial charge is 0.490 e. The van der Waals surface area contributed by atoms with E-state index in [0.29, 0.717) is 37.6 Å². The molecule has 0 unspecified atom stereocenters. The first-order chi connectivity index (χ1) is 11.2. The number of esters is 1. The highest BCUT2D eigenvalue weighted by molar-refractivity contribution is 5.93. The second-order valence-electron chi connectivity index (χ2n) is 5.22. The molecule has 7 heteroatoms. The Morgan fingerprint density at radius 3 is 3.04 bits per heavy atom. The zero-order chi connectivity index (χ0) is 16.2. The summed E-state index contributed by atoms with van der Waals surface area (Å²) < 4.78 is 10.7. The van der Waals surface area contributed by atoms with Gasteiger partial charge in [-0.05, 0) is 19.1 Å². The van der Waals surface area contributed by atoms with Gasteiger partial charge in [0.05, 0.1) is 43.2 Å². The van der Waals surface area contributed by atoms with Gasteiger partial charge in [0.1, 0.15) is 12.4 Å². The van der Waals surface area contributed by atoms with Gasteiger partial charge in [0, 0.05) is 0 Å². The molecule has 1 aromatic rings. The van der Waals surface area contributed by atoms with Crippen molar-refractivity contribution in [1.29, 1.82) is 0 Å². The molecule has 0 spiro atoms. The van der Waals surface area contributed by atoms with Crippen molar-refractivity contribution in [2.45, 2.75) is 6.92 Å². The normalized spacial score (nSPS) is 16.9. The molecule has 2 aliphatic heterocycles. The Labute approximate surface area is 134 Å². The number of nitrogens with zero attached hydrogens (tertiary/aromatic N) is 1. The minimum Gasteiger partial charge on any atom is -0.490 e. The second-order valence-corrected chi connectivity index (χ2v) is 5.22. The number of urea groups is 1. The van der Waals surface area contributed by atoms with Crippen LogP contribution in [0.3, 0.4) is 0 Å². The van der Waals surface area contributed by atoms with E-state index in [1.54, 1.807) is 6.92 Å². The lowest BCUT2D eigenvalue weighted by molar-refractivity contribution is -0.138. The number of hydrogen-bond donors (Lipinski definition) is 2. The lowest BCUT2D eigenvalue weighted by Gasteiger charge is -2.33. The van der Waals surface area contributed by atoms with Gasteiger partial charge in [0.15, 0.2) is 0 Å². The SMILES string of the molecule is CCOC(=O)C1=C(CN2CCOc3ccccc32)NC(=O)NC1. The summed E-state index contributed by atoms with van der Waals surface area (Å²) in [5.74, 6) is 0.397. The van der Waals surface area contributed by atoms with E-state index >= 15 is 0 Å². The van der Waals surface area contributed by atoms with Gasteiger partial charge in [-0.1, -0.05) is 12.1 Å². The number of fused-ring (bicyclic) bond motifs is 1. The van der Waals surface area contributed by atoms with Crippen molar-refractivity contribution in [3.8, 4) is 5.75 Å². The highest BCUT2D eigenvalue weighted by Crippen LogP contribution is 2.31. The molecule has 2 heterocycles. The van der Waals surface area contributed by atoms with Crippen LogP contribution >= 0.6 is 0 Å². The maximum Gasteiger partial charge on any atom is 0.337 e. The lowest BCUT2D eigenvalue weighted by atomic mass is 10.1. The van der Waals surface area contributed by atoms with Crippen LogP contribution in [0.5, 0.6) is 5.75 Å². The molecule has 0 saturated carbocycles. The summed E-state index contributed by atoms with van der Waals surface area (Å²) in [6, 6.07) is 7.40. The highest BCUT2D eigenvalue weighted by Gasteiger charge is 2.26. The van der Waals surface area contributed by atoms with Crippen LogP contribution in [0.2, 0.25) is 0 Å². The Hall–Kier alpha value is -2.70. The first-order valence-corrected chi connectivity index (χ1v) is 7.60. The van der Waals surface area contributed by atoms with Gasteiger partial charge in [-0.25, -0.2) is 9.59 Å². The third-order valence-electron chi connectivity index (χ3n) is 3.75. The molecule has 2 aliphatic rings. The van der Waals surface area contributed by atoms with Crippen LogP contribution < -0.4 is 20.3 Å². The summed E-state index contributed by atoms with van der Waals surface area (Å²) in [6.45, 7) is 3.88. The van der Waals surface area contributed by atoms with E-state index in [4.69, 9.17) is 9.47 Å². The van der Waals surface area contributed by atoms with Crippen LogP contribution in [-0.2, 0) is 9.53 Å². The molecule has 3 rings (SSSR count). The van der Waals surface area contributed by atoms with Crippen LogP contribution in [0.4, 0.5) is 10.5 Å². The van der Waals surface area contributed by atoms with Crippen molar-refractivity contribution < 1.29 is 19.1 Å². The third kappa shape index (κ3) is 3.23. The fourth-order valence-corrected chi connectivity index (χ4v) is 2.66. The van der Waals surface area contributed by atoms with Crippen molar-refractivity contribution >= 4 is 17.7 Å². The first-order valence-electron chi connectivity index (χ1n) is 7.60. The van der Waals surface area contributed by atoms with E-state index in [1.165, 1.54) is 0 Å². The molecule has 0 atom stereocenters. The molecule has 2 N–H and O–H groups in total. The molecular formula is C16H19N3O4. The summed E-state index contributed by atoms with van der Waals surface area (Å²) in [6.07, 6.45) is 0. The maximum atomic E-state index is 12.1. The average Bonchev–Trinajstić information content (AvgIpc) is 2.55. The number of para-hydroxylation sites is 2. The first kappa shape index (κ1) is 15.2. The summed E-state index contributed by atoms with van der Waals surface area (Å²) in [4.78, 5) is 25.8. The Bertz CT molecular complexity index is 656. The van der Waals surface area contributed by atoms with Crippen LogP contribution in [0.25, 0.3) is 0 Å². The second kappa shape index (κ2) is 6.60. The van der Waals surface area contributed by atoms with E-state index in [0.717, 1.165) is 11.4 Å². The molecule has 0 saturated heterocycles. The fourth-order valence-electron chi connectivity index (χ4n) is 2.66. The van der Waals surface area contributed by atoms with E-state index in [-0.39, 0.29) is 12.6 Å². The molecule has 0 bridgehead atoms. The summed E-state index contributed by atoms with van der Waals surface area (Å²) >= 11 is 0. The third-order valence-corrected chi connectivity index (χ3v) is 3.75. The van der Waals surface area contributed by atoms with Gasteiger partial charge in [-0.3, -0.25) is 0 Å². The number of rotatable bonds is 4. The zero-order valence-corrected chi connectivity index (χ0v) is 12.9. The summed E-state index contributed by atoms with van der Waals surface area (Å²) in [5, 5.41) is 5.34. The molecular weight excluding hydrogens is 298 g/mol. The molecule has 0 aromatic heterocycles. The number of carbonyl (C=O) groups excluding carboxylic acids is 2. The van der Waals surface area contributed by atoms with E-state index < -0.39 is 5.97 Å². The number of nitrogens with one attached hydrogen (secondary N) is 2. The molecule has 2 amide bonds. The van der Waals surface area contributed by atoms with E-state index in [2.05, 4.69) is 15.5 Å². The average molecular weight is 317 g/mol. The topological polar surface area (TPSA) is 79.9 Å². The van der Waals surface area contributed by atoms with Crippen molar-refractivity contribution in [2.75, 3.05) is 37.7 Å². The fraction of sp³-hybridized carbons (Fsp3) is 0.375. The number of amides is 2. The molecule has 1 aromatic carbocycles. The monoisotopic (exact) mass is 317 g/mol. The number of benzene rings is 1. The van der Waals surface area contributed by atoms with E-state index in [9.17, 15) is 9.59 Å². The number of carbonyl (C=O) groups is 2. The summed E-state index contributed by atoms with van der Waals surface area (Å²) in [5.41, 5.74) is 1.97. The zero-order valence-electron chi connectivity index (χ0n) is 12.9.